The second kappa shape index (κ2) is 12.7. The predicted octanol–water partition coefficient (Wildman–Crippen LogP) is 9.95. The SMILES string of the molecule is c1ccc([Si](c2ccccc2)(c2ccc(-n3c4ccccc4c4ccccc43)cn2)c2ccc(-n3c4ccccc4c4ccc5oc6ccccc6c5c43)cn2)cc1. The molecule has 0 aliphatic rings. The van der Waals surface area contributed by atoms with E-state index in [1.165, 1.54) is 31.9 Å². The first-order valence-electron chi connectivity index (χ1n) is 19.7. The highest BCUT2D eigenvalue weighted by molar-refractivity contribution is 7.19. The highest BCUT2D eigenvalue weighted by Crippen LogP contribution is 2.40. The highest BCUT2D eigenvalue weighted by atomic mass is 28.3. The zero-order valence-electron chi connectivity index (χ0n) is 31.3. The number of benzene rings is 7. The lowest BCUT2D eigenvalue weighted by Gasteiger charge is -2.32. The van der Waals surface area contributed by atoms with Gasteiger partial charge in [-0.1, -0.05) is 133 Å². The minimum atomic E-state index is -3.06. The van der Waals surface area contributed by atoms with Crippen LogP contribution in [0.1, 0.15) is 0 Å². The van der Waals surface area contributed by atoms with Gasteiger partial charge in [-0.25, -0.2) is 0 Å². The molecule has 5 heterocycles. The van der Waals surface area contributed by atoms with Gasteiger partial charge in [0, 0.05) is 37.6 Å². The van der Waals surface area contributed by atoms with Gasteiger partial charge in [0.2, 0.25) is 8.07 Å². The van der Waals surface area contributed by atoms with Gasteiger partial charge in [-0.15, -0.1) is 0 Å². The maximum atomic E-state index is 6.40. The van der Waals surface area contributed by atoms with E-state index in [2.05, 4.69) is 204 Å². The third-order valence-electron chi connectivity index (χ3n) is 11.9. The normalized spacial score (nSPS) is 12.1. The van der Waals surface area contributed by atoms with Crippen molar-refractivity contribution >= 4 is 94.6 Å². The number of furan rings is 1. The Labute approximate surface area is 334 Å². The molecule has 7 aromatic carbocycles. The van der Waals surface area contributed by atoms with Crippen molar-refractivity contribution in [2.45, 2.75) is 0 Å². The molecule has 12 aromatic rings. The van der Waals surface area contributed by atoms with E-state index in [1.807, 2.05) is 12.1 Å². The van der Waals surface area contributed by atoms with Crippen molar-refractivity contribution in [1.29, 1.82) is 0 Å². The average Bonchev–Trinajstić information content (AvgIpc) is 3.96. The summed E-state index contributed by atoms with van der Waals surface area (Å²) in [5, 5.41) is 11.5. The second-order valence-electron chi connectivity index (χ2n) is 14.9. The molecule has 12 rings (SSSR count). The van der Waals surface area contributed by atoms with Gasteiger partial charge in [-0.3, -0.25) is 9.97 Å². The van der Waals surface area contributed by atoms with Crippen LogP contribution in [0.15, 0.2) is 211 Å². The van der Waals surface area contributed by atoms with Gasteiger partial charge < -0.3 is 13.6 Å². The molecule has 0 radical (unpaired) electrons. The molecule has 0 fully saturated rings. The minimum Gasteiger partial charge on any atom is -0.456 e. The van der Waals surface area contributed by atoms with Crippen LogP contribution < -0.4 is 21.0 Å². The number of rotatable bonds is 6. The van der Waals surface area contributed by atoms with E-state index in [0.717, 1.165) is 66.0 Å². The number of aromatic nitrogens is 4. The van der Waals surface area contributed by atoms with Gasteiger partial charge in [0.15, 0.2) is 0 Å². The molecular formula is C52H34N4OSi. The fourth-order valence-electron chi connectivity index (χ4n) is 9.48. The number of nitrogens with zero attached hydrogens (tertiary/aromatic N) is 4. The molecule has 0 N–H and O–H groups in total. The minimum absolute atomic E-state index is 0.873. The predicted molar refractivity (Wildman–Crippen MR) is 242 cm³/mol. The Hall–Kier alpha value is -7.54. The van der Waals surface area contributed by atoms with Crippen molar-refractivity contribution < 1.29 is 4.42 Å². The van der Waals surface area contributed by atoms with E-state index in [1.54, 1.807) is 0 Å². The summed E-state index contributed by atoms with van der Waals surface area (Å²) in [7, 11) is -3.06. The van der Waals surface area contributed by atoms with Crippen molar-refractivity contribution in [2.75, 3.05) is 0 Å². The van der Waals surface area contributed by atoms with Gasteiger partial charge >= 0.3 is 0 Å². The van der Waals surface area contributed by atoms with Gasteiger partial charge in [0.1, 0.15) is 11.2 Å². The number of hydrogen-bond donors (Lipinski definition) is 0. The molecule has 0 spiro atoms. The fraction of sp³-hybridized carbons (Fsp3) is 0. The lowest BCUT2D eigenvalue weighted by molar-refractivity contribution is 0.669. The quantitative estimate of drug-likeness (QED) is 0.159. The van der Waals surface area contributed by atoms with Crippen LogP contribution in [0.25, 0.3) is 76.9 Å². The summed E-state index contributed by atoms with van der Waals surface area (Å²) in [6.45, 7) is 0. The van der Waals surface area contributed by atoms with Crippen LogP contribution in [0, 0.1) is 0 Å². The van der Waals surface area contributed by atoms with E-state index in [9.17, 15) is 0 Å². The van der Waals surface area contributed by atoms with Gasteiger partial charge in [-0.2, -0.15) is 0 Å². The first kappa shape index (κ1) is 32.7. The number of hydrogen-bond acceptors (Lipinski definition) is 3. The largest absolute Gasteiger partial charge is 0.456 e. The van der Waals surface area contributed by atoms with E-state index in [4.69, 9.17) is 14.4 Å². The summed E-state index contributed by atoms with van der Waals surface area (Å²) < 4.78 is 11.1. The molecule has 0 aliphatic carbocycles. The summed E-state index contributed by atoms with van der Waals surface area (Å²) in [6, 6.07) is 69.2. The lowest BCUT2D eigenvalue weighted by Crippen LogP contribution is -2.76. The molecule has 6 heteroatoms. The Morgan fingerprint density at radius 3 is 1.38 bits per heavy atom. The third kappa shape index (κ3) is 4.63. The monoisotopic (exact) mass is 758 g/mol. The Balaban J connectivity index is 1.09. The first-order valence-corrected chi connectivity index (χ1v) is 21.7. The third-order valence-corrected chi connectivity index (χ3v) is 16.5. The highest BCUT2D eigenvalue weighted by Gasteiger charge is 2.44. The molecule has 0 saturated heterocycles. The van der Waals surface area contributed by atoms with E-state index >= 15 is 0 Å². The molecule has 0 unspecified atom stereocenters. The fourth-order valence-corrected chi connectivity index (χ4v) is 13.8. The van der Waals surface area contributed by atoms with E-state index < -0.39 is 8.07 Å². The van der Waals surface area contributed by atoms with Crippen molar-refractivity contribution in [2.24, 2.45) is 0 Å². The molecule has 58 heavy (non-hydrogen) atoms. The Morgan fingerprint density at radius 1 is 0.362 bits per heavy atom. The van der Waals surface area contributed by atoms with Crippen LogP contribution >= 0.6 is 0 Å². The van der Waals surface area contributed by atoms with Crippen LogP contribution in [-0.4, -0.2) is 27.2 Å². The zero-order valence-corrected chi connectivity index (χ0v) is 32.3. The van der Waals surface area contributed by atoms with Crippen molar-refractivity contribution in [3.8, 4) is 11.4 Å². The van der Waals surface area contributed by atoms with Crippen LogP contribution in [0.5, 0.6) is 0 Å². The smallest absolute Gasteiger partial charge is 0.223 e. The van der Waals surface area contributed by atoms with Gasteiger partial charge in [-0.05, 0) is 71.0 Å². The van der Waals surface area contributed by atoms with Crippen LogP contribution in [0.2, 0.25) is 0 Å². The van der Waals surface area contributed by atoms with Crippen LogP contribution in [-0.2, 0) is 0 Å². The summed E-state index contributed by atoms with van der Waals surface area (Å²) in [6.07, 6.45) is 4.11. The van der Waals surface area contributed by atoms with Gasteiger partial charge in [0.25, 0.3) is 0 Å². The van der Waals surface area contributed by atoms with Crippen LogP contribution in [0.4, 0.5) is 0 Å². The van der Waals surface area contributed by atoms with Crippen molar-refractivity contribution in [1.82, 2.24) is 19.1 Å². The Kier molecular flexibility index (Phi) is 7.18. The molecular weight excluding hydrogens is 725 g/mol. The number of fused-ring (bicyclic) bond motifs is 10. The van der Waals surface area contributed by atoms with Crippen LogP contribution in [0.3, 0.4) is 0 Å². The lowest BCUT2D eigenvalue weighted by atomic mass is 10.1. The average molecular weight is 759 g/mol. The molecule has 272 valence electrons. The second-order valence-corrected chi connectivity index (χ2v) is 18.6. The van der Waals surface area contributed by atoms with E-state index in [-0.39, 0.29) is 0 Å². The molecule has 0 aliphatic heterocycles. The maximum absolute atomic E-state index is 6.40. The molecule has 5 aromatic heterocycles. The summed E-state index contributed by atoms with van der Waals surface area (Å²) >= 11 is 0. The van der Waals surface area contributed by atoms with Crippen molar-refractivity contribution in [3.63, 3.8) is 0 Å². The first-order chi connectivity index (χ1) is 28.8. The molecule has 0 bridgehead atoms. The zero-order chi connectivity index (χ0) is 38.2. The van der Waals surface area contributed by atoms with E-state index in [0.29, 0.717) is 0 Å². The number of pyridine rings is 2. The molecule has 5 nitrogen and oxygen atoms in total. The standard InChI is InChI=1S/C52H34N4OSi/c1-3-15-37(16-4-1)58(38-17-5-2-6-18-38,49-31-27-35(33-53-49)55-44-23-11-7-19-39(44)40-20-8-12-24-45(40)55)50-32-28-36(34-54-50)56-46-25-13-9-21-41(46)42-29-30-48-51(52(42)56)43-22-10-14-26-47(43)57-48/h1-34H. The maximum Gasteiger partial charge on any atom is 0.223 e. The Morgan fingerprint density at radius 2 is 0.828 bits per heavy atom. The number of para-hydroxylation sites is 4. The summed E-state index contributed by atoms with van der Waals surface area (Å²) in [5.74, 6) is 0. The summed E-state index contributed by atoms with van der Waals surface area (Å²) in [4.78, 5) is 11.0. The molecule has 0 atom stereocenters. The molecule has 0 saturated carbocycles. The topological polar surface area (TPSA) is 48.8 Å². The molecule has 0 amide bonds. The summed E-state index contributed by atoms with van der Waals surface area (Å²) in [5.41, 5.74) is 8.35. The van der Waals surface area contributed by atoms with Crippen molar-refractivity contribution in [3.05, 3.63) is 207 Å². The van der Waals surface area contributed by atoms with Gasteiger partial charge in [0.05, 0.1) is 51.2 Å². The Bertz CT molecular complexity index is 3400.